The van der Waals surface area contributed by atoms with Crippen molar-refractivity contribution >= 4 is 12.1 Å². The van der Waals surface area contributed by atoms with Crippen LogP contribution >= 0.6 is 0 Å². The second-order valence-corrected chi connectivity index (χ2v) is 5.66. The molecule has 0 spiro atoms. The number of rotatable bonds is 1. The summed E-state index contributed by atoms with van der Waals surface area (Å²) in [4.78, 5) is 25.3. The van der Waals surface area contributed by atoms with Gasteiger partial charge in [0.05, 0.1) is 14.2 Å². The molecular weight excluding hydrogens is 250 g/mol. The lowest BCUT2D eigenvalue weighted by Gasteiger charge is -2.36. The second kappa shape index (κ2) is 4.75. The lowest BCUT2D eigenvalue weighted by atomic mass is 9.91. The highest BCUT2D eigenvalue weighted by atomic mass is 16.6. The van der Waals surface area contributed by atoms with Crippen LogP contribution in [0.4, 0.5) is 4.79 Å². The van der Waals surface area contributed by atoms with Gasteiger partial charge >= 0.3 is 12.1 Å². The highest BCUT2D eigenvalue weighted by molar-refractivity contribution is 5.89. The number of carbonyl (C=O) groups is 2. The van der Waals surface area contributed by atoms with Crippen LogP contribution < -0.4 is 0 Å². The fraction of sp³-hybridized carbons (Fsp3) is 0.692. The molecule has 0 aromatic carbocycles. The molecule has 0 saturated carbocycles. The zero-order valence-corrected chi connectivity index (χ0v) is 12.3. The molecule has 1 fully saturated rings. The van der Waals surface area contributed by atoms with Crippen molar-refractivity contribution in [2.24, 2.45) is 5.41 Å². The van der Waals surface area contributed by atoms with Crippen LogP contribution in [0.3, 0.4) is 0 Å². The molecule has 6 nitrogen and oxygen atoms in total. The summed E-state index contributed by atoms with van der Waals surface area (Å²) in [7, 11) is 2.50. The van der Waals surface area contributed by atoms with Crippen molar-refractivity contribution in [3.05, 3.63) is 12.3 Å². The van der Waals surface area contributed by atoms with Gasteiger partial charge in [0.25, 0.3) is 0 Å². The summed E-state index contributed by atoms with van der Waals surface area (Å²) < 4.78 is 15.2. The Labute approximate surface area is 113 Å². The first-order chi connectivity index (χ1) is 8.60. The van der Waals surface area contributed by atoms with E-state index in [0.29, 0.717) is 0 Å². The van der Waals surface area contributed by atoms with Crippen LogP contribution in [0.25, 0.3) is 0 Å². The van der Waals surface area contributed by atoms with E-state index in [2.05, 4.69) is 6.58 Å². The Balaban J connectivity index is 3.34. The molecule has 19 heavy (non-hydrogen) atoms. The van der Waals surface area contributed by atoms with Gasteiger partial charge in [0, 0.05) is 5.41 Å². The fourth-order valence-corrected chi connectivity index (χ4v) is 2.02. The minimum Gasteiger partial charge on any atom is -0.472 e. The predicted octanol–water partition coefficient (Wildman–Crippen LogP) is 1.90. The molecule has 1 aliphatic rings. The number of hydrogen-bond acceptors (Lipinski definition) is 5. The summed E-state index contributed by atoms with van der Waals surface area (Å²) in [5, 5.41) is 0. The van der Waals surface area contributed by atoms with Gasteiger partial charge in [-0.2, -0.15) is 0 Å². The number of amides is 1. The van der Waals surface area contributed by atoms with Gasteiger partial charge < -0.3 is 14.2 Å². The molecule has 1 rings (SSSR count). The third-order valence-corrected chi connectivity index (χ3v) is 3.21. The van der Waals surface area contributed by atoms with E-state index in [-0.39, 0.29) is 5.76 Å². The van der Waals surface area contributed by atoms with E-state index in [0.717, 1.165) is 0 Å². The Hall–Kier alpha value is -1.72. The maximum absolute atomic E-state index is 12.0. The van der Waals surface area contributed by atoms with Crippen LogP contribution in [0, 0.1) is 5.41 Å². The molecule has 0 N–H and O–H groups in total. The Morgan fingerprint density at radius 3 is 2.21 bits per heavy atom. The molecule has 1 heterocycles. The molecule has 0 aliphatic carbocycles. The zero-order valence-electron chi connectivity index (χ0n) is 12.3. The average Bonchev–Trinajstić information content (AvgIpc) is 2.61. The topological polar surface area (TPSA) is 65.1 Å². The van der Waals surface area contributed by atoms with Gasteiger partial charge in [0.2, 0.25) is 5.54 Å². The van der Waals surface area contributed by atoms with E-state index in [4.69, 9.17) is 14.2 Å². The molecule has 0 aromatic rings. The van der Waals surface area contributed by atoms with Crippen molar-refractivity contribution in [3.8, 4) is 0 Å². The molecule has 2 unspecified atom stereocenters. The SMILES string of the molecule is C=C1OC(C(C)(C)C)N(C(=O)OC)C1(C)C(=O)OC. The van der Waals surface area contributed by atoms with Gasteiger partial charge in [-0.25, -0.2) is 14.5 Å². The molecule has 0 aromatic heterocycles. The van der Waals surface area contributed by atoms with E-state index in [1.807, 2.05) is 20.8 Å². The Morgan fingerprint density at radius 1 is 1.32 bits per heavy atom. The van der Waals surface area contributed by atoms with E-state index < -0.39 is 29.2 Å². The second-order valence-electron chi connectivity index (χ2n) is 5.66. The van der Waals surface area contributed by atoms with Crippen molar-refractivity contribution in [2.45, 2.75) is 39.5 Å². The molecule has 108 valence electrons. The summed E-state index contributed by atoms with van der Waals surface area (Å²) in [6.07, 6.45) is -1.32. The summed E-state index contributed by atoms with van der Waals surface area (Å²) in [5.41, 5.74) is -1.80. The van der Waals surface area contributed by atoms with E-state index in [1.165, 1.54) is 26.0 Å². The van der Waals surface area contributed by atoms with Gasteiger partial charge in [-0.05, 0) is 6.92 Å². The number of nitrogens with zero attached hydrogens (tertiary/aromatic N) is 1. The van der Waals surface area contributed by atoms with Crippen molar-refractivity contribution in [1.82, 2.24) is 4.90 Å². The highest BCUT2D eigenvalue weighted by Gasteiger charge is 2.59. The predicted molar refractivity (Wildman–Crippen MR) is 68.1 cm³/mol. The Morgan fingerprint density at radius 2 is 1.84 bits per heavy atom. The molecule has 1 aliphatic heterocycles. The van der Waals surface area contributed by atoms with Crippen LogP contribution in [-0.4, -0.2) is 42.9 Å². The first-order valence-corrected chi connectivity index (χ1v) is 5.92. The lowest BCUT2D eigenvalue weighted by molar-refractivity contribution is -0.151. The third-order valence-electron chi connectivity index (χ3n) is 3.21. The largest absolute Gasteiger partial charge is 0.472 e. The lowest BCUT2D eigenvalue weighted by Crippen LogP contribution is -2.57. The van der Waals surface area contributed by atoms with Gasteiger partial charge in [0.1, 0.15) is 5.76 Å². The summed E-state index contributed by atoms with van der Waals surface area (Å²) in [6, 6.07) is 0. The van der Waals surface area contributed by atoms with Crippen LogP contribution in [0.15, 0.2) is 12.3 Å². The number of carbonyl (C=O) groups excluding carboxylic acids is 2. The van der Waals surface area contributed by atoms with Gasteiger partial charge in [-0.15, -0.1) is 0 Å². The molecule has 2 atom stereocenters. The van der Waals surface area contributed by atoms with Gasteiger partial charge in [-0.1, -0.05) is 27.4 Å². The standard InChI is InChI=1S/C13H21NO5/c1-8-13(5,10(15)17-6)14(11(16)18-7)9(19-8)12(2,3)4/h9H,1H2,2-7H3. The van der Waals surface area contributed by atoms with Crippen molar-refractivity contribution in [3.63, 3.8) is 0 Å². The number of hydrogen-bond donors (Lipinski definition) is 0. The van der Waals surface area contributed by atoms with E-state index in [9.17, 15) is 9.59 Å². The smallest absolute Gasteiger partial charge is 0.413 e. The Kier molecular flexibility index (Phi) is 3.84. The third kappa shape index (κ3) is 2.27. The van der Waals surface area contributed by atoms with Crippen molar-refractivity contribution < 1.29 is 23.8 Å². The van der Waals surface area contributed by atoms with Gasteiger partial charge in [-0.3, -0.25) is 0 Å². The summed E-state index contributed by atoms with van der Waals surface area (Å²) >= 11 is 0. The maximum Gasteiger partial charge on any atom is 0.413 e. The Bertz CT molecular complexity index is 412. The van der Waals surface area contributed by atoms with Gasteiger partial charge in [0.15, 0.2) is 6.23 Å². The quantitative estimate of drug-likeness (QED) is 0.681. The number of esters is 1. The minimum absolute atomic E-state index is 0.171. The first kappa shape index (κ1) is 15.3. The monoisotopic (exact) mass is 271 g/mol. The molecule has 6 heteroatoms. The molecule has 1 amide bonds. The van der Waals surface area contributed by atoms with Crippen LogP contribution in [0.2, 0.25) is 0 Å². The number of methoxy groups -OCH3 is 2. The minimum atomic E-state index is -1.39. The normalized spacial score (nSPS) is 26.9. The average molecular weight is 271 g/mol. The van der Waals surface area contributed by atoms with E-state index >= 15 is 0 Å². The molecule has 1 saturated heterocycles. The maximum atomic E-state index is 12.0. The molecular formula is C13H21NO5. The molecule has 0 radical (unpaired) electrons. The van der Waals surface area contributed by atoms with Crippen molar-refractivity contribution in [1.29, 1.82) is 0 Å². The summed E-state index contributed by atoms with van der Waals surface area (Å²) in [5.74, 6) is -0.445. The number of ether oxygens (including phenoxy) is 3. The summed E-state index contributed by atoms with van der Waals surface area (Å²) in [6.45, 7) is 10.9. The van der Waals surface area contributed by atoms with Crippen molar-refractivity contribution in [2.75, 3.05) is 14.2 Å². The molecule has 0 bridgehead atoms. The zero-order chi connectivity index (χ0) is 15.0. The first-order valence-electron chi connectivity index (χ1n) is 5.92. The van der Waals surface area contributed by atoms with Crippen LogP contribution in [0.5, 0.6) is 0 Å². The van der Waals surface area contributed by atoms with Crippen LogP contribution in [-0.2, 0) is 19.0 Å². The van der Waals surface area contributed by atoms with E-state index in [1.54, 1.807) is 0 Å². The highest BCUT2D eigenvalue weighted by Crippen LogP contribution is 2.43. The van der Waals surface area contributed by atoms with Crippen LogP contribution in [0.1, 0.15) is 27.7 Å². The fourth-order valence-electron chi connectivity index (χ4n) is 2.02.